The Labute approximate surface area is 117 Å². The van der Waals surface area contributed by atoms with Gasteiger partial charge in [0.25, 0.3) is 0 Å². The van der Waals surface area contributed by atoms with Crippen molar-refractivity contribution in [3.8, 4) is 11.3 Å². The van der Waals surface area contributed by atoms with Crippen molar-refractivity contribution in [1.82, 2.24) is 15.4 Å². The van der Waals surface area contributed by atoms with Crippen LogP contribution >= 0.6 is 0 Å². The van der Waals surface area contributed by atoms with Gasteiger partial charge >= 0.3 is 13.1 Å². The van der Waals surface area contributed by atoms with Crippen LogP contribution in [0.4, 0.5) is 8.78 Å². The van der Waals surface area contributed by atoms with Gasteiger partial charge in [0.05, 0.1) is 6.61 Å². The largest absolute Gasteiger partial charge is 0.491 e. The van der Waals surface area contributed by atoms with Crippen molar-refractivity contribution in [1.29, 1.82) is 0 Å². The summed E-state index contributed by atoms with van der Waals surface area (Å²) in [5.74, 6) is -3.66. The summed E-state index contributed by atoms with van der Waals surface area (Å²) in [5, 5.41) is 27.1. The van der Waals surface area contributed by atoms with Crippen molar-refractivity contribution in [2.45, 2.75) is 6.92 Å². The lowest BCUT2D eigenvalue weighted by molar-refractivity contribution is 0.0520. The minimum atomic E-state index is -2.16. The third-order valence-electron chi connectivity index (χ3n) is 2.66. The first-order valence-electron chi connectivity index (χ1n) is 5.89. The molecule has 0 amide bonds. The summed E-state index contributed by atoms with van der Waals surface area (Å²) in [6.45, 7) is 1.66. The number of carbonyl (C=O) groups excluding carboxylic acids is 1. The average Bonchev–Trinajstić information content (AvgIpc) is 2.90. The minimum absolute atomic E-state index is 0.0810. The molecule has 0 saturated heterocycles. The summed E-state index contributed by atoms with van der Waals surface area (Å²) in [5.41, 5.74) is -1.51. The first kappa shape index (κ1) is 15.1. The van der Waals surface area contributed by atoms with E-state index in [0.717, 1.165) is 12.1 Å². The van der Waals surface area contributed by atoms with Crippen LogP contribution in [0.25, 0.3) is 11.3 Å². The fraction of sp³-hybridized carbons (Fsp3) is 0.182. The molecular weight excluding hydrogens is 287 g/mol. The molecule has 0 bridgehead atoms. The van der Waals surface area contributed by atoms with Crippen LogP contribution in [0, 0.1) is 11.6 Å². The van der Waals surface area contributed by atoms with Gasteiger partial charge in [-0.05, 0) is 13.0 Å². The molecule has 0 fully saturated rings. The Kier molecular flexibility index (Phi) is 4.29. The molecule has 21 heavy (non-hydrogen) atoms. The van der Waals surface area contributed by atoms with E-state index in [0.29, 0.717) is 0 Å². The molecular formula is C11H10BF2N3O4. The number of nitrogens with zero attached hydrogens (tertiary/aromatic N) is 2. The third kappa shape index (κ3) is 2.76. The van der Waals surface area contributed by atoms with Crippen LogP contribution < -0.4 is 5.46 Å². The number of carbonyl (C=O) groups is 1. The fourth-order valence-corrected chi connectivity index (χ4v) is 1.71. The number of H-pyrrole nitrogens is 1. The second-order valence-electron chi connectivity index (χ2n) is 3.95. The highest BCUT2D eigenvalue weighted by molar-refractivity contribution is 6.58. The fourth-order valence-electron chi connectivity index (χ4n) is 1.71. The quantitative estimate of drug-likeness (QED) is 0.524. The molecule has 0 unspecified atom stereocenters. The van der Waals surface area contributed by atoms with Gasteiger partial charge in [0.15, 0.2) is 17.3 Å². The predicted octanol–water partition coefficient (Wildman–Crippen LogP) is -0.394. The van der Waals surface area contributed by atoms with Gasteiger partial charge in [-0.2, -0.15) is 10.3 Å². The summed E-state index contributed by atoms with van der Waals surface area (Å²) in [7, 11) is -2.16. The van der Waals surface area contributed by atoms with Crippen molar-refractivity contribution in [2.24, 2.45) is 0 Å². The summed E-state index contributed by atoms with van der Waals surface area (Å²) in [4.78, 5) is 11.6. The monoisotopic (exact) mass is 297 g/mol. The van der Waals surface area contributed by atoms with Gasteiger partial charge in [0.1, 0.15) is 5.69 Å². The number of hydrogen-bond acceptors (Lipinski definition) is 6. The zero-order valence-electron chi connectivity index (χ0n) is 10.8. The zero-order chi connectivity index (χ0) is 15.6. The Hall–Kier alpha value is -2.33. The van der Waals surface area contributed by atoms with Gasteiger partial charge in [-0.15, -0.1) is 5.10 Å². The van der Waals surface area contributed by atoms with E-state index in [-0.39, 0.29) is 23.6 Å². The number of halogens is 2. The molecule has 110 valence electrons. The summed E-state index contributed by atoms with van der Waals surface area (Å²) in [6, 6.07) is 2.04. The smallest absolute Gasteiger partial charge is 0.461 e. The molecule has 3 N–H and O–H groups in total. The van der Waals surface area contributed by atoms with Crippen LogP contribution in [0.5, 0.6) is 0 Å². The van der Waals surface area contributed by atoms with Crippen LogP contribution in [0.3, 0.4) is 0 Å². The van der Waals surface area contributed by atoms with E-state index < -0.39 is 30.2 Å². The van der Waals surface area contributed by atoms with E-state index in [1.54, 1.807) is 6.92 Å². The molecule has 0 aliphatic carbocycles. The maximum absolute atomic E-state index is 14.0. The van der Waals surface area contributed by atoms with Crippen LogP contribution in [-0.2, 0) is 4.74 Å². The van der Waals surface area contributed by atoms with Gasteiger partial charge in [-0.1, -0.05) is 6.07 Å². The number of rotatable bonds is 4. The molecule has 0 aliphatic rings. The normalized spacial score (nSPS) is 10.5. The van der Waals surface area contributed by atoms with E-state index in [1.807, 2.05) is 0 Å². The van der Waals surface area contributed by atoms with E-state index in [9.17, 15) is 13.6 Å². The molecule has 0 radical (unpaired) electrons. The summed E-state index contributed by atoms with van der Waals surface area (Å²) < 4.78 is 32.4. The molecule has 0 aliphatic heterocycles. The Balaban J connectivity index is 2.52. The molecule has 1 aromatic carbocycles. The van der Waals surface area contributed by atoms with Gasteiger partial charge in [-0.25, -0.2) is 13.6 Å². The maximum atomic E-state index is 14.0. The highest BCUT2D eigenvalue weighted by Crippen LogP contribution is 2.24. The van der Waals surface area contributed by atoms with Gasteiger partial charge in [-0.3, -0.25) is 0 Å². The third-order valence-corrected chi connectivity index (χ3v) is 2.66. The molecule has 10 heteroatoms. The summed E-state index contributed by atoms with van der Waals surface area (Å²) >= 11 is 0. The van der Waals surface area contributed by atoms with Crippen molar-refractivity contribution < 1.29 is 28.4 Å². The second kappa shape index (κ2) is 5.98. The van der Waals surface area contributed by atoms with E-state index >= 15 is 0 Å². The highest BCUT2D eigenvalue weighted by Gasteiger charge is 2.26. The standard InChI is InChI=1S/C11H10BF2N3O4/c1-2-21-11(18)10-9(15-17-16-10)5-3-4-6(12(19)20)8(14)7(5)13/h3-4,19-20H,2H2,1H3,(H,15,16,17). The van der Waals surface area contributed by atoms with E-state index in [4.69, 9.17) is 14.8 Å². The number of esters is 1. The number of ether oxygens (including phenoxy) is 1. The molecule has 0 saturated carbocycles. The maximum Gasteiger partial charge on any atom is 0.491 e. The average molecular weight is 297 g/mol. The molecule has 2 aromatic rings. The van der Waals surface area contributed by atoms with E-state index in [1.165, 1.54) is 0 Å². The molecule has 0 spiro atoms. The van der Waals surface area contributed by atoms with Gasteiger partial charge in [0, 0.05) is 11.0 Å². The minimum Gasteiger partial charge on any atom is -0.461 e. The molecule has 0 atom stereocenters. The Morgan fingerprint density at radius 1 is 1.33 bits per heavy atom. The number of hydrogen-bond donors (Lipinski definition) is 3. The van der Waals surface area contributed by atoms with Crippen molar-refractivity contribution in [3.63, 3.8) is 0 Å². The lowest BCUT2D eigenvalue weighted by atomic mass is 9.79. The molecule has 1 heterocycles. The zero-order valence-corrected chi connectivity index (χ0v) is 10.8. The van der Waals surface area contributed by atoms with E-state index in [2.05, 4.69) is 15.4 Å². The lowest BCUT2D eigenvalue weighted by Gasteiger charge is -2.07. The lowest BCUT2D eigenvalue weighted by Crippen LogP contribution is -2.33. The van der Waals surface area contributed by atoms with Crippen molar-refractivity contribution in [2.75, 3.05) is 6.61 Å². The van der Waals surface area contributed by atoms with Crippen molar-refractivity contribution in [3.05, 3.63) is 29.5 Å². The predicted molar refractivity (Wildman–Crippen MR) is 67.5 cm³/mol. The second-order valence-corrected chi connectivity index (χ2v) is 3.95. The van der Waals surface area contributed by atoms with Crippen LogP contribution in [-0.4, -0.2) is 45.2 Å². The van der Waals surface area contributed by atoms with Crippen LogP contribution in [0.1, 0.15) is 17.4 Å². The molecule has 1 aromatic heterocycles. The Bertz CT molecular complexity index is 677. The number of nitrogens with one attached hydrogen (secondary N) is 1. The van der Waals surface area contributed by atoms with Crippen LogP contribution in [0.2, 0.25) is 0 Å². The highest BCUT2D eigenvalue weighted by atomic mass is 19.2. The first-order chi connectivity index (χ1) is 9.97. The van der Waals surface area contributed by atoms with Gasteiger partial charge in [0.2, 0.25) is 0 Å². The van der Waals surface area contributed by atoms with Crippen molar-refractivity contribution >= 4 is 18.6 Å². The topological polar surface area (TPSA) is 108 Å². The Morgan fingerprint density at radius 2 is 2.05 bits per heavy atom. The Morgan fingerprint density at radius 3 is 2.67 bits per heavy atom. The van der Waals surface area contributed by atoms with Crippen LogP contribution in [0.15, 0.2) is 12.1 Å². The number of aromatic amines is 1. The SMILES string of the molecule is CCOC(=O)c1n[nH]nc1-c1ccc(B(O)O)c(F)c1F. The molecule has 2 rings (SSSR count). The number of benzene rings is 1. The first-order valence-corrected chi connectivity index (χ1v) is 5.89. The molecule has 7 nitrogen and oxygen atoms in total. The summed E-state index contributed by atoms with van der Waals surface area (Å²) in [6.07, 6.45) is 0. The number of aromatic nitrogens is 3. The van der Waals surface area contributed by atoms with Gasteiger partial charge < -0.3 is 14.8 Å².